The molecule has 0 saturated heterocycles. The molecule has 1 heterocycles. The summed E-state index contributed by atoms with van der Waals surface area (Å²) < 4.78 is 12.5. The molecular weight excluding hydrogens is 165 g/mol. The van der Waals surface area contributed by atoms with Gasteiger partial charge in [-0.25, -0.2) is 4.98 Å². The summed E-state index contributed by atoms with van der Waals surface area (Å²) in [6.07, 6.45) is 1.51. The molecule has 0 aliphatic carbocycles. The van der Waals surface area contributed by atoms with E-state index in [2.05, 4.69) is 4.98 Å². The van der Waals surface area contributed by atoms with Crippen LogP contribution in [-0.2, 0) is 0 Å². The average molecular weight is 174 g/mol. The minimum atomic E-state index is -0.601. The van der Waals surface area contributed by atoms with Gasteiger partial charge in [-0.15, -0.1) is 0 Å². The van der Waals surface area contributed by atoms with E-state index >= 15 is 0 Å². The molecule has 1 aromatic rings. The van der Waals surface area contributed by atoms with Crippen LogP contribution in [0.2, 0.25) is 5.02 Å². The lowest BCUT2D eigenvalue weighted by Crippen LogP contribution is -1.91. The molecule has 1 nitrogen and oxygen atoms in total. The number of aromatic nitrogens is 1. The molecule has 0 aliphatic rings. The van der Waals surface area contributed by atoms with Gasteiger partial charge in [-0.3, -0.25) is 0 Å². The topological polar surface area (TPSA) is 12.9 Å². The Hall–Kier alpha value is -0.630. The van der Waals surface area contributed by atoms with Crippen molar-refractivity contribution < 1.29 is 4.39 Å². The van der Waals surface area contributed by atoms with Gasteiger partial charge in [-0.05, 0) is 17.5 Å². The Kier molecular flexibility index (Phi) is 2.45. The summed E-state index contributed by atoms with van der Waals surface area (Å²) in [7, 11) is 0. The van der Waals surface area contributed by atoms with Crippen LogP contribution < -0.4 is 0 Å². The van der Waals surface area contributed by atoms with Gasteiger partial charge < -0.3 is 0 Å². The highest BCUT2D eigenvalue weighted by Gasteiger charge is 2.04. The first-order chi connectivity index (χ1) is 5.11. The zero-order valence-corrected chi connectivity index (χ0v) is 7.19. The van der Waals surface area contributed by atoms with Crippen LogP contribution >= 0.6 is 11.6 Å². The Morgan fingerprint density at radius 1 is 1.55 bits per heavy atom. The van der Waals surface area contributed by atoms with Crippen molar-refractivity contribution in [2.24, 2.45) is 0 Å². The molecular formula is C8H9ClFN. The third-order valence-electron chi connectivity index (χ3n) is 1.48. The molecule has 3 heteroatoms. The minimum absolute atomic E-state index is 0.0937. The van der Waals surface area contributed by atoms with E-state index in [1.54, 1.807) is 6.07 Å². The maximum Gasteiger partial charge on any atom is 0.231 e. The molecule has 0 bridgehead atoms. The van der Waals surface area contributed by atoms with Crippen molar-refractivity contribution in [3.63, 3.8) is 0 Å². The first-order valence-electron chi connectivity index (χ1n) is 3.42. The molecule has 0 unspecified atom stereocenters. The number of rotatable bonds is 1. The minimum Gasteiger partial charge on any atom is -0.227 e. The van der Waals surface area contributed by atoms with Crippen LogP contribution in [0.4, 0.5) is 4.39 Å². The van der Waals surface area contributed by atoms with Crippen LogP contribution in [0.15, 0.2) is 12.3 Å². The van der Waals surface area contributed by atoms with E-state index in [9.17, 15) is 4.39 Å². The third-order valence-corrected chi connectivity index (χ3v) is 1.75. The highest BCUT2D eigenvalue weighted by Crippen LogP contribution is 2.19. The standard InChI is InChI=1S/C8H9ClFN/c1-5(2)6-3-7(9)8(10)11-4-6/h3-5H,1-2H3. The molecule has 0 N–H and O–H groups in total. The summed E-state index contributed by atoms with van der Waals surface area (Å²) in [5.74, 6) is -0.267. The van der Waals surface area contributed by atoms with E-state index in [0.717, 1.165) is 5.56 Å². The predicted molar refractivity (Wildman–Crippen MR) is 43.3 cm³/mol. The van der Waals surface area contributed by atoms with Gasteiger partial charge in [0.2, 0.25) is 5.95 Å². The summed E-state index contributed by atoms with van der Waals surface area (Å²) in [6.45, 7) is 4.01. The van der Waals surface area contributed by atoms with Crippen molar-refractivity contribution in [1.29, 1.82) is 0 Å². The van der Waals surface area contributed by atoms with Crippen LogP contribution in [0.5, 0.6) is 0 Å². The molecule has 1 aromatic heterocycles. The van der Waals surface area contributed by atoms with E-state index in [-0.39, 0.29) is 5.02 Å². The van der Waals surface area contributed by atoms with E-state index in [4.69, 9.17) is 11.6 Å². The second-order valence-electron chi connectivity index (χ2n) is 2.70. The van der Waals surface area contributed by atoms with Gasteiger partial charge in [0.1, 0.15) is 0 Å². The van der Waals surface area contributed by atoms with Gasteiger partial charge in [-0.1, -0.05) is 25.4 Å². The summed E-state index contributed by atoms with van der Waals surface area (Å²) in [5, 5.41) is 0.0937. The van der Waals surface area contributed by atoms with Crippen molar-refractivity contribution in [3.05, 3.63) is 28.8 Å². The van der Waals surface area contributed by atoms with Crippen LogP contribution in [0, 0.1) is 5.95 Å². The van der Waals surface area contributed by atoms with Gasteiger partial charge in [-0.2, -0.15) is 4.39 Å². The number of nitrogens with zero attached hydrogens (tertiary/aromatic N) is 1. The molecule has 0 atom stereocenters. The van der Waals surface area contributed by atoms with E-state index in [0.29, 0.717) is 5.92 Å². The van der Waals surface area contributed by atoms with Crippen LogP contribution in [-0.4, -0.2) is 4.98 Å². The SMILES string of the molecule is CC(C)c1cnc(F)c(Cl)c1. The molecule has 0 amide bonds. The molecule has 0 radical (unpaired) electrons. The zero-order valence-electron chi connectivity index (χ0n) is 6.44. The Balaban J connectivity index is 3.05. The summed E-state index contributed by atoms with van der Waals surface area (Å²) in [5.41, 5.74) is 0.955. The summed E-state index contributed by atoms with van der Waals surface area (Å²) >= 11 is 5.52. The fraction of sp³-hybridized carbons (Fsp3) is 0.375. The number of pyridine rings is 1. The van der Waals surface area contributed by atoms with E-state index in [1.165, 1.54) is 6.20 Å². The van der Waals surface area contributed by atoms with E-state index < -0.39 is 5.95 Å². The van der Waals surface area contributed by atoms with Crippen molar-refractivity contribution in [2.45, 2.75) is 19.8 Å². The van der Waals surface area contributed by atoms with Gasteiger partial charge in [0.15, 0.2) is 0 Å². The van der Waals surface area contributed by atoms with Crippen LogP contribution in [0.3, 0.4) is 0 Å². The van der Waals surface area contributed by atoms with Crippen molar-refractivity contribution in [3.8, 4) is 0 Å². The molecule has 60 valence electrons. The maximum absolute atomic E-state index is 12.5. The normalized spacial score (nSPS) is 10.6. The van der Waals surface area contributed by atoms with E-state index in [1.807, 2.05) is 13.8 Å². The van der Waals surface area contributed by atoms with Gasteiger partial charge in [0.25, 0.3) is 0 Å². The molecule has 0 saturated carbocycles. The van der Waals surface area contributed by atoms with Gasteiger partial charge >= 0.3 is 0 Å². The summed E-state index contributed by atoms with van der Waals surface area (Å²) in [4.78, 5) is 3.50. The Morgan fingerprint density at radius 3 is 2.64 bits per heavy atom. The maximum atomic E-state index is 12.5. The fourth-order valence-electron chi connectivity index (χ4n) is 0.752. The number of hydrogen-bond donors (Lipinski definition) is 0. The predicted octanol–water partition coefficient (Wildman–Crippen LogP) is 3.00. The molecule has 1 rings (SSSR count). The molecule has 0 fully saturated rings. The Bertz CT molecular complexity index is 260. The zero-order chi connectivity index (χ0) is 8.43. The first kappa shape index (κ1) is 8.47. The quantitative estimate of drug-likeness (QED) is 0.595. The lowest BCUT2D eigenvalue weighted by Gasteiger charge is -2.03. The second-order valence-corrected chi connectivity index (χ2v) is 3.10. The Labute approximate surface area is 70.2 Å². The van der Waals surface area contributed by atoms with Crippen LogP contribution in [0.25, 0.3) is 0 Å². The van der Waals surface area contributed by atoms with Crippen molar-refractivity contribution in [1.82, 2.24) is 4.98 Å². The summed E-state index contributed by atoms with van der Waals surface area (Å²) in [6, 6.07) is 1.61. The second kappa shape index (κ2) is 3.18. The fourth-order valence-corrected chi connectivity index (χ4v) is 0.927. The van der Waals surface area contributed by atoms with Gasteiger partial charge in [0.05, 0.1) is 5.02 Å². The van der Waals surface area contributed by atoms with Crippen LogP contribution in [0.1, 0.15) is 25.3 Å². The lowest BCUT2D eigenvalue weighted by molar-refractivity contribution is 0.581. The average Bonchev–Trinajstić information content (AvgIpc) is 1.94. The lowest BCUT2D eigenvalue weighted by atomic mass is 10.1. The molecule has 0 aliphatic heterocycles. The highest BCUT2D eigenvalue weighted by molar-refractivity contribution is 6.30. The first-order valence-corrected chi connectivity index (χ1v) is 3.80. The number of hydrogen-bond acceptors (Lipinski definition) is 1. The van der Waals surface area contributed by atoms with Gasteiger partial charge in [0, 0.05) is 6.20 Å². The van der Waals surface area contributed by atoms with Crippen molar-refractivity contribution in [2.75, 3.05) is 0 Å². The molecule has 0 aromatic carbocycles. The third kappa shape index (κ3) is 1.90. The monoisotopic (exact) mass is 173 g/mol. The van der Waals surface area contributed by atoms with Crippen molar-refractivity contribution >= 4 is 11.6 Å². The largest absolute Gasteiger partial charge is 0.231 e. The number of halogens is 2. The highest BCUT2D eigenvalue weighted by atomic mass is 35.5. The smallest absolute Gasteiger partial charge is 0.227 e. The molecule has 11 heavy (non-hydrogen) atoms. The molecule has 0 spiro atoms. The Morgan fingerprint density at radius 2 is 2.18 bits per heavy atom.